The lowest BCUT2D eigenvalue weighted by atomic mass is 10.4. The van der Waals surface area contributed by atoms with E-state index in [-0.39, 0.29) is 5.95 Å². The number of ether oxygens (including phenoxy) is 1. The number of nitrogen functional groups attached to an aromatic ring is 1. The Kier molecular flexibility index (Phi) is 2.79. The molecule has 0 fully saturated rings. The van der Waals surface area contributed by atoms with Gasteiger partial charge in [-0.25, -0.2) is 9.67 Å². The third-order valence-electron chi connectivity index (χ3n) is 3.35. The molecule has 4 aromatic rings. The average Bonchev–Trinajstić information content (AvgIpc) is 3.23. The van der Waals surface area contributed by atoms with Gasteiger partial charge in [0.15, 0.2) is 17.1 Å². The van der Waals surface area contributed by atoms with E-state index in [0.717, 1.165) is 5.39 Å². The smallest absolute Gasteiger partial charge is 0.225 e. The molecule has 0 aliphatic heterocycles. The number of nitrogens with zero attached hydrogens (tertiary/aromatic N) is 6. The van der Waals surface area contributed by atoms with E-state index in [1.165, 1.54) is 4.52 Å². The molecule has 0 saturated carbocycles. The van der Waals surface area contributed by atoms with Crippen LogP contribution in [0, 0.1) is 0 Å². The first-order chi connectivity index (χ1) is 10.8. The number of nitrogens with two attached hydrogens (primary N) is 1. The van der Waals surface area contributed by atoms with Crippen LogP contribution >= 0.6 is 0 Å². The van der Waals surface area contributed by atoms with Gasteiger partial charge in [0.25, 0.3) is 0 Å². The first kappa shape index (κ1) is 12.8. The van der Waals surface area contributed by atoms with Crippen LogP contribution in [0.4, 0.5) is 5.95 Å². The maximum absolute atomic E-state index is 5.99. The summed E-state index contributed by atoms with van der Waals surface area (Å²) in [4.78, 5) is 8.86. The number of hydrogen-bond acceptors (Lipinski definition) is 7. The predicted molar refractivity (Wildman–Crippen MR) is 78.1 cm³/mol. The molecule has 0 atom stereocenters. The lowest BCUT2D eigenvalue weighted by Gasteiger charge is -2.03. The maximum atomic E-state index is 5.99. The zero-order valence-corrected chi connectivity index (χ0v) is 11.8. The van der Waals surface area contributed by atoms with Crippen LogP contribution in [0.1, 0.15) is 0 Å². The number of aromatic nitrogens is 6. The fourth-order valence-corrected chi connectivity index (χ4v) is 2.31. The van der Waals surface area contributed by atoms with Crippen LogP contribution in [0.15, 0.2) is 29.0 Å². The van der Waals surface area contributed by atoms with Gasteiger partial charge in [0, 0.05) is 7.11 Å². The van der Waals surface area contributed by atoms with E-state index < -0.39 is 0 Å². The summed E-state index contributed by atoms with van der Waals surface area (Å²) >= 11 is 0. The van der Waals surface area contributed by atoms with E-state index >= 15 is 0 Å². The molecular weight excluding hydrogens is 286 g/mol. The molecule has 4 rings (SSSR count). The van der Waals surface area contributed by atoms with Gasteiger partial charge in [0.2, 0.25) is 11.8 Å². The van der Waals surface area contributed by atoms with E-state index in [1.54, 1.807) is 36.4 Å². The third-order valence-corrected chi connectivity index (χ3v) is 3.35. The summed E-state index contributed by atoms with van der Waals surface area (Å²) in [7, 11) is 1.64. The molecule has 0 amide bonds. The second kappa shape index (κ2) is 4.81. The SMILES string of the molecule is COCCn1ncc2c1nc(N)n1nc(-c3ccco3)nc21. The molecule has 9 heteroatoms. The molecule has 0 aliphatic rings. The van der Waals surface area contributed by atoms with Crippen LogP contribution in [-0.2, 0) is 11.3 Å². The van der Waals surface area contributed by atoms with Crippen molar-refractivity contribution in [3.05, 3.63) is 24.6 Å². The van der Waals surface area contributed by atoms with Crippen molar-refractivity contribution < 1.29 is 9.15 Å². The first-order valence-electron chi connectivity index (χ1n) is 6.68. The molecular formula is C13H13N7O2. The second-order valence-corrected chi connectivity index (χ2v) is 4.72. The zero-order valence-electron chi connectivity index (χ0n) is 11.8. The summed E-state index contributed by atoms with van der Waals surface area (Å²) in [6.45, 7) is 1.12. The van der Waals surface area contributed by atoms with Gasteiger partial charge < -0.3 is 14.9 Å². The Bertz CT molecular complexity index is 938. The van der Waals surface area contributed by atoms with Gasteiger partial charge in [-0.3, -0.25) is 0 Å². The fraction of sp³-hybridized carbons (Fsp3) is 0.231. The van der Waals surface area contributed by atoms with E-state index in [2.05, 4.69) is 20.2 Å². The van der Waals surface area contributed by atoms with Crippen LogP contribution in [0.25, 0.3) is 28.3 Å². The Morgan fingerprint density at radius 2 is 2.23 bits per heavy atom. The minimum absolute atomic E-state index is 0.243. The molecule has 4 heterocycles. The highest BCUT2D eigenvalue weighted by atomic mass is 16.5. The molecule has 0 aromatic carbocycles. The highest BCUT2D eigenvalue weighted by molar-refractivity contribution is 5.90. The normalized spacial score (nSPS) is 11.7. The molecule has 0 aliphatic carbocycles. The molecule has 0 bridgehead atoms. The predicted octanol–water partition coefficient (Wildman–Crippen LogP) is 0.963. The maximum Gasteiger partial charge on any atom is 0.225 e. The minimum atomic E-state index is 0.243. The molecule has 0 saturated heterocycles. The summed E-state index contributed by atoms with van der Waals surface area (Å²) < 4.78 is 13.6. The van der Waals surface area contributed by atoms with E-state index in [9.17, 15) is 0 Å². The topological polar surface area (TPSA) is 109 Å². The number of hydrogen-bond donors (Lipinski definition) is 1. The summed E-state index contributed by atoms with van der Waals surface area (Å²) in [6.07, 6.45) is 3.27. The van der Waals surface area contributed by atoms with Gasteiger partial charge in [-0.15, -0.1) is 5.10 Å². The second-order valence-electron chi connectivity index (χ2n) is 4.72. The van der Waals surface area contributed by atoms with E-state index in [0.29, 0.717) is 36.0 Å². The summed E-state index contributed by atoms with van der Waals surface area (Å²) in [5.41, 5.74) is 7.24. The Hall–Kier alpha value is -2.94. The van der Waals surface area contributed by atoms with Crippen molar-refractivity contribution in [1.29, 1.82) is 0 Å². The number of anilines is 1. The van der Waals surface area contributed by atoms with Crippen molar-refractivity contribution in [3.8, 4) is 11.6 Å². The zero-order chi connectivity index (χ0) is 15.1. The third kappa shape index (κ3) is 1.83. The molecule has 4 aromatic heterocycles. The van der Waals surface area contributed by atoms with Gasteiger partial charge >= 0.3 is 0 Å². The fourth-order valence-electron chi connectivity index (χ4n) is 2.31. The molecule has 112 valence electrons. The lowest BCUT2D eigenvalue weighted by molar-refractivity contribution is 0.184. The standard InChI is InChI=1S/C13H13N7O2/c1-21-6-4-19-11-8(7-15-19)12-16-10(9-3-2-5-22-9)18-20(12)13(14)17-11/h2-3,5,7H,4,6H2,1H3,(H2,14,17). The molecule has 9 nitrogen and oxygen atoms in total. The Balaban J connectivity index is 1.93. The Labute approximate surface area is 124 Å². The molecule has 0 radical (unpaired) electrons. The highest BCUT2D eigenvalue weighted by Crippen LogP contribution is 2.23. The van der Waals surface area contributed by atoms with Crippen molar-refractivity contribution in [2.45, 2.75) is 6.54 Å². The van der Waals surface area contributed by atoms with E-state index in [4.69, 9.17) is 14.9 Å². The van der Waals surface area contributed by atoms with Crippen LogP contribution in [0.3, 0.4) is 0 Å². The molecule has 2 N–H and O–H groups in total. The molecule has 0 spiro atoms. The van der Waals surface area contributed by atoms with Crippen molar-refractivity contribution >= 4 is 22.6 Å². The molecule has 22 heavy (non-hydrogen) atoms. The average molecular weight is 299 g/mol. The largest absolute Gasteiger partial charge is 0.461 e. The number of furan rings is 1. The summed E-state index contributed by atoms with van der Waals surface area (Å²) in [6, 6.07) is 3.57. The van der Waals surface area contributed by atoms with Gasteiger partial charge in [0.1, 0.15) is 0 Å². The quantitative estimate of drug-likeness (QED) is 0.597. The van der Waals surface area contributed by atoms with Crippen LogP contribution < -0.4 is 5.73 Å². The van der Waals surface area contributed by atoms with Crippen LogP contribution in [0.5, 0.6) is 0 Å². The highest BCUT2D eigenvalue weighted by Gasteiger charge is 2.17. The van der Waals surface area contributed by atoms with Crippen molar-refractivity contribution in [2.24, 2.45) is 0 Å². The lowest BCUT2D eigenvalue weighted by Crippen LogP contribution is -2.08. The van der Waals surface area contributed by atoms with Crippen molar-refractivity contribution in [3.63, 3.8) is 0 Å². The van der Waals surface area contributed by atoms with Gasteiger partial charge in [-0.2, -0.15) is 14.6 Å². The van der Waals surface area contributed by atoms with Crippen LogP contribution in [-0.4, -0.2) is 43.1 Å². The summed E-state index contributed by atoms with van der Waals surface area (Å²) in [5.74, 6) is 1.27. The minimum Gasteiger partial charge on any atom is -0.461 e. The first-order valence-corrected chi connectivity index (χ1v) is 6.68. The van der Waals surface area contributed by atoms with Crippen molar-refractivity contribution in [2.75, 3.05) is 19.5 Å². The summed E-state index contributed by atoms with van der Waals surface area (Å²) in [5, 5.41) is 9.42. The van der Waals surface area contributed by atoms with Gasteiger partial charge in [-0.05, 0) is 12.1 Å². The van der Waals surface area contributed by atoms with Crippen LogP contribution in [0.2, 0.25) is 0 Å². The van der Waals surface area contributed by atoms with Gasteiger partial charge in [-0.1, -0.05) is 0 Å². The van der Waals surface area contributed by atoms with E-state index in [1.807, 2.05) is 0 Å². The molecule has 0 unspecified atom stereocenters. The Morgan fingerprint density at radius 1 is 1.32 bits per heavy atom. The number of fused-ring (bicyclic) bond motifs is 3. The van der Waals surface area contributed by atoms with Gasteiger partial charge in [0.05, 0.1) is 31.0 Å². The van der Waals surface area contributed by atoms with Crippen molar-refractivity contribution in [1.82, 2.24) is 29.4 Å². The number of methoxy groups -OCH3 is 1. The monoisotopic (exact) mass is 299 g/mol. The number of rotatable bonds is 4. The Morgan fingerprint density at radius 3 is 3.00 bits per heavy atom.